The van der Waals surface area contributed by atoms with E-state index in [-0.39, 0.29) is 18.1 Å². The van der Waals surface area contributed by atoms with Crippen LogP contribution in [-0.2, 0) is 17.8 Å². The molecule has 0 bridgehead atoms. The van der Waals surface area contributed by atoms with Gasteiger partial charge in [-0.3, -0.25) is 4.79 Å². The molecular formula is C15H18N2O3. The molecule has 0 saturated carbocycles. The largest absolute Gasteiger partial charge is 0.477 e. The van der Waals surface area contributed by atoms with Crippen molar-refractivity contribution >= 4 is 22.8 Å². The third-order valence-electron chi connectivity index (χ3n) is 3.38. The lowest BCUT2D eigenvalue weighted by atomic mass is 10.1. The molecule has 0 aliphatic carbocycles. The number of amides is 1. The Hall–Kier alpha value is -2.30. The summed E-state index contributed by atoms with van der Waals surface area (Å²) in [5.41, 5.74) is 2.69. The molecule has 3 N–H and O–H groups in total. The molecule has 0 unspecified atom stereocenters. The van der Waals surface area contributed by atoms with Gasteiger partial charge in [-0.05, 0) is 24.1 Å². The van der Waals surface area contributed by atoms with Crippen molar-refractivity contribution < 1.29 is 14.7 Å². The van der Waals surface area contributed by atoms with E-state index in [9.17, 15) is 14.7 Å². The first-order valence-corrected chi connectivity index (χ1v) is 6.70. The monoisotopic (exact) mass is 274 g/mol. The molecule has 0 spiro atoms. The van der Waals surface area contributed by atoms with Crippen LogP contribution < -0.4 is 5.32 Å². The second-order valence-corrected chi connectivity index (χ2v) is 4.65. The van der Waals surface area contributed by atoms with Gasteiger partial charge in [0.15, 0.2) is 0 Å². The van der Waals surface area contributed by atoms with E-state index in [1.165, 1.54) is 0 Å². The Morgan fingerprint density at radius 2 is 2.05 bits per heavy atom. The topological polar surface area (TPSA) is 82.2 Å². The number of carbonyl (C=O) groups is 2. The van der Waals surface area contributed by atoms with Crippen molar-refractivity contribution in [2.24, 2.45) is 0 Å². The highest BCUT2D eigenvalue weighted by Crippen LogP contribution is 2.24. The van der Waals surface area contributed by atoms with Crippen LogP contribution in [0.2, 0.25) is 0 Å². The summed E-state index contributed by atoms with van der Waals surface area (Å²) in [5.74, 6) is -1.11. The molecule has 1 aromatic carbocycles. The zero-order valence-electron chi connectivity index (χ0n) is 11.6. The van der Waals surface area contributed by atoms with E-state index in [1.54, 1.807) is 6.92 Å². The van der Waals surface area contributed by atoms with Crippen LogP contribution in [0.1, 0.15) is 41.9 Å². The first-order chi connectivity index (χ1) is 9.56. The van der Waals surface area contributed by atoms with Gasteiger partial charge in [0.2, 0.25) is 5.91 Å². The molecule has 0 radical (unpaired) electrons. The normalized spacial score (nSPS) is 10.7. The van der Waals surface area contributed by atoms with Gasteiger partial charge >= 0.3 is 5.97 Å². The van der Waals surface area contributed by atoms with Crippen LogP contribution in [-0.4, -0.2) is 22.0 Å². The fraction of sp³-hybridized carbons (Fsp3) is 0.333. The number of carboxylic acids is 1. The molecule has 0 aliphatic heterocycles. The summed E-state index contributed by atoms with van der Waals surface area (Å²) in [6.07, 6.45) is 1.26. The number of rotatable bonds is 5. The molecule has 1 amide bonds. The molecule has 1 aromatic heterocycles. The first-order valence-electron chi connectivity index (χ1n) is 6.70. The number of fused-ring (bicyclic) bond motifs is 1. The predicted molar refractivity (Wildman–Crippen MR) is 76.8 cm³/mol. The zero-order chi connectivity index (χ0) is 14.7. The van der Waals surface area contributed by atoms with Gasteiger partial charge in [-0.2, -0.15) is 0 Å². The molecular weight excluding hydrogens is 256 g/mol. The number of nitrogens with one attached hydrogen (secondary N) is 2. The van der Waals surface area contributed by atoms with Gasteiger partial charge in [-0.1, -0.05) is 19.9 Å². The fourth-order valence-electron chi connectivity index (χ4n) is 2.19. The van der Waals surface area contributed by atoms with Crippen molar-refractivity contribution in [2.75, 3.05) is 0 Å². The molecule has 2 rings (SSSR count). The summed E-state index contributed by atoms with van der Waals surface area (Å²) in [6.45, 7) is 4.03. The number of aryl methyl sites for hydroxylation is 1. The van der Waals surface area contributed by atoms with E-state index in [2.05, 4.69) is 10.3 Å². The van der Waals surface area contributed by atoms with E-state index in [1.807, 2.05) is 25.1 Å². The minimum absolute atomic E-state index is 0.0951. The van der Waals surface area contributed by atoms with E-state index in [0.717, 1.165) is 22.9 Å². The predicted octanol–water partition coefficient (Wildman–Crippen LogP) is 2.45. The lowest BCUT2D eigenvalue weighted by Crippen LogP contribution is -2.22. The molecule has 1 heterocycles. The minimum atomic E-state index is -1.01. The molecule has 20 heavy (non-hydrogen) atoms. The number of carboxylic acid groups (broad SMARTS) is 1. The number of aromatic nitrogens is 1. The average molecular weight is 274 g/mol. The van der Waals surface area contributed by atoms with E-state index in [0.29, 0.717) is 12.0 Å². The highest BCUT2D eigenvalue weighted by atomic mass is 16.4. The third-order valence-corrected chi connectivity index (χ3v) is 3.38. The quantitative estimate of drug-likeness (QED) is 0.783. The Labute approximate surface area is 117 Å². The molecule has 0 saturated heterocycles. The van der Waals surface area contributed by atoms with Gasteiger partial charge < -0.3 is 15.4 Å². The highest BCUT2D eigenvalue weighted by molar-refractivity contribution is 5.97. The highest BCUT2D eigenvalue weighted by Gasteiger charge is 2.17. The summed E-state index contributed by atoms with van der Waals surface area (Å²) >= 11 is 0. The van der Waals surface area contributed by atoms with Crippen LogP contribution in [0.5, 0.6) is 0 Å². The standard InChI is InChI=1S/C15H18N2O3/c1-3-9-5-6-12-10(7-9)11(8-16-13(18)4-2)14(17-12)15(19)20/h5-7,17H,3-4,8H2,1-2H3,(H,16,18)(H,19,20). The van der Waals surface area contributed by atoms with Gasteiger partial charge in [-0.15, -0.1) is 0 Å². The Bertz CT molecular complexity index is 658. The summed E-state index contributed by atoms with van der Waals surface area (Å²) in [4.78, 5) is 25.6. The Morgan fingerprint density at radius 3 is 2.65 bits per heavy atom. The van der Waals surface area contributed by atoms with Crippen molar-refractivity contribution in [1.82, 2.24) is 10.3 Å². The number of aromatic carboxylic acids is 1. The van der Waals surface area contributed by atoms with E-state index in [4.69, 9.17) is 0 Å². The zero-order valence-corrected chi connectivity index (χ0v) is 11.6. The van der Waals surface area contributed by atoms with Crippen LogP contribution in [0, 0.1) is 0 Å². The molecule has 0 fully saturated rings. The molecule has 106 valence electrons. The van der Waals surface area contributed by atoms with Crippen molar-refractivity contribution in [3.8, 4) is 0 Å². The van der Waals surface area contributed by atoms with Gasteiger partial charge in [0.25, 0.3) is 0 Å². The lowest BCUT2D eigenvalue weighted by molar-refractivity contribution is -0.120. The maximum Gasteiger partial charge on any atom is 0.352 e. The summed E-state index contributed by atoms with van der Waals surface area (Å²) < 4.78 is 0. The SMILES string of the molecule is CCC(=O)NCc1c(C(=O)O)[nH]c2ccc(CC)cc12. The molecule has 0 atom stereocenters. The van der Waals surface area contributed by atoms with Gasteiger partial charge in [0.05, 0.1) is 0 Å². The maximum absolute atomic E-state index is 11.4. The van der Waals surface area contributed by atoms with Crippen LogP contribution in [0.4, 0.5) is 0 Å². The Morgan fingerprint density at radius 1 is 1.30 bits per heavy atom. The Kier molecular flexibility index (Phi) is 4.08. The Balaban J connectivity index is 2.48. The van der Waals surface area contributed by atoms with E-state index >= 15 is 0 Å². The first kappa shape index (κ1) is 14.1. The average Bonchev–Trinajstić information content (AvgIpc) is 2.82. The van der Waals surface area contributed by atoms with Crippen LogP contribution in [0.3, 0.4) is 0 Å². The lowest BCUT2D eigenvalue weighted by Gasteiger charge is -2.05. The number of carbonyl (C=O) groups excluding carboxylic acids is 1. The molecule has 5 nitrogen and oxygen atoms in total. The van der Waals surface area contributed by atoms with E-state index < -0.39 is 5.97 Å². The second-order valence-electron chi connectivity index (χ2n) is 4.65. The van der Waals surface area contributed by atoms with Crippen molar-refractivity contribution in [1.29, 1.82) is 0 Å². The fourth-order valence-corrected chi connectivity index (χ4v) is 2.19. The van der Waals surface area contributed by atoms with Crippen LogP contribution in [0.25, 0.3) is 10.9 Å². The number of H-pyrrole nitrogens is 1. The summed E-state index contributed by atoms with van der Waals surface area (Å²) in [5, 5.41) is 12.9. The van der Waals surface area contributed by atoms with Crippen LogP contribution >= 0.6 is 0 Å². The molecule has 0 aliphatic rings. The van der Waals surface area contributed by atoms with Crippen molar-refractivity contribution in [3.63, 3.8) is 0 Å². The second kappa shape index (κ2) is 5.77. The smallest absolute Gasteiger partial charge is 0.352 e. The summed E-state index contributed by atoms with van der Waals surface area (Å²) in [7, 11) is 0. The minimum Gasteiger partial charge on any atom is -0.477 e. The maximum atomic E-state index is 11.4. The third kappa shape index (κ3) is 2.66. The van der Waals surface area contributed by atoms with Crippen molar-refractivity contribution in [3.05, 3.63) is 35.0 Å². The van der Waals surface area contributed by atoms with Gasteiger partial charge in [0, 0.05) is 29.4 Å². The summed E-state index contributed by atoms with van der Waals surface area (Å²) in [6, 6.07) is 5.83. The number of hydrogen-bond acceptors (Lipinski definition) is 2. The number of hydrogen-bond donors (Lipinski definition) is 3. The van der Waals surface area contributed by atoms with Gasteiger partial charge in [-0.25, -0.2) is 4.79 Å². The molecule has 5 heteroatoms. The number of aromatic amines is 1. The van der Waals surface area contributed by atoms with Crippen molar-refractivity contribution in [2.45, 2.75) is 33.2 Å². The van der Waals surface area contributed by atoms with Crippen LogP contribution in [0.15, 0.2) is 18.2 Å². The number of benzene rings is 1. The molecule has 2 aromatic rings. The van der Waals surface area contributed by atoms with Gasteiger partial charge in [0.1, 0.15) is 5.69 Å².